The van der Waals surface area contributed by atoms with Crippen LogP contribution >= 0.6 is 0 Å². The van der Waals surface area contributed by atoms with Crippen LogP contribution in [0.3, 0.4) is 0 Å². The van der Waals surface area contributed by atoms with Gasteiger partial charge in [-0.25, -0.2) is 13.6 Å². The van der Waals surface area contributed by atoms with E-state index in [4.69, 9.17) is 5.14 Å². The number of anilines is 1. The quantitative estimate of drug-likeness (QED) is 0.674. The lowest BCUT2D eigenvalue weighted by Crippen LogP contribution is -2.30. The van der Waals surface area contributed by atoms with Gasteiger partial charge in [-0.3, -0.25) is 9.69 Å². The highest BCUT2D eigenvalue weighted by Gasteiger charge is 2.15. The van der Waals surface area contributed by atoms with E-state index in [-0.39, 0.29) is 23.1 Å². The molecule has 0 unspecified atom stereocenters. The van der Waals surface area contributed by atoms with E-state index in [0.29, 0.717) is 17.8 Å². The van der Waals surface area contributed by atoms with Gasteiger partial charge < -0.3 is 10.1 Å². The Kier molecular flexibility index (Phi) is 7.28. The second-order valence-electron chi connectivity index (χ2n) is 6.70. The van der Waals surface area contributed by atoms with E-state index in [9.17, 15) is 22.0 Å². The molecule has 2 aromatic carbocycles. The van der Waals surface area contributed by atoms with E-state index in [1.54, 1.807) is 37.9 Å². The number of amides is 1. The molecular weight excluding hydrogens is 404 g/mol. The molecule has 0 aliphatic heterocycles. The number of likely N-dealkylation sites (N-methyl/N-ethyl adjacent to an activating group) is 1. The number of sulfonamides is 1. The third-order valence-corrected chi connectivity index (χ3v) is 5.15. The van der Waals surface area contributed by atoms with E-state index in [2.05, 4.69) is 10.1 Å². The second kappa shape index (κ2) is 9.29. The number of hydrogen-bond donors (Lipinski definition) is 2. The molecule has 0 aliphatic rings. The lowest BCUT2D eigenvalue weighted by molar-refractivity contribution is -0.117. The van der Waals surface area contributed by atoms with Gasteiger partial charge >= 0.3 is 6.61 Å². The Labute approximate surface area is 168 Å². The number of carbonyl (C=O) groups is 1. The Morgan fingerprint density at radius 2 is 1.83 bits per heavy atom. The molecule has 7 nitrogen and oxygen atoms in total. The zero-order valence-corrected chi connectivity index (χ0v) is 17.1. The third-order valence-electron chi connectivity index (χ3n) is 4.26. The van der Waals surface area contributed by atoms with Gasteiger partial charge in [0.15, 0.2) is 0 Å². The second-order valence-corrected chi connectivity index (χ2v) is 8.26. The largest absolute Gasteiger partial charge is 0.435 e. The van der Waals surface area contributed by atoms with E-state index >= 15 is 0 Å². The zero-order chi connectivity index (χ0) is 21.8. The lowest BCUT2D eigenvalue weighted by atomic mass is 10.1. The van der Waals surface area contributed by atoms with Crippen LogP contribution in [0.25, 0.3) is 0 Å². The van der Waals surface area contributed by atoms with Crippen molar-refractivity contribution in [1.82, 2.24) is 4.90 Å². The number of rotatable bonds is 8. The number of nitrogens with two attached hydrogens (primary N) is 1. The van der Waals surface area contributed by atoms with Gasteiger partial charge in [-0.05, 0) is 61.9 Å². The lowest BCUT2D eigenvalue weighted by Gasteiger charge is -2.18. The van der Waals surface area contributed by atoms with Gasteiger partial charge in [0.05, 0.1) is 11.4 Å². The minimum atomic E-state index is -3.89. The van der Waals surface area contributed by atoms with Crippen molar-refractivity contribution in [1.29, 1.82) is 0 Å². The van der Waals surface area contributed by atoms with Crippen molar-refractivity contribution >= 4 is 21.6 Å². The summed E-state index contributed by atoms with van der Waals surface area (Å²) in [6, 6.07) is 8.91. The molecule has 0 bridgehead atoms. The summed E-state index contributed by atoms with van der Waals surface area (Å²) in [5.41, 5.74) is 2.61. The van der Waals surface area contributed by atoms with Crippen LogP contribution in [-0.2, 0) is 21.4 Å². The Morgan fingerprint density at radius 3 is 2.38 bits per heavy atom. The van der Waals surface area contributed by atoms with Gasteiger partial charge in [-0.1, -0.05) is 12.1 Å². The smallest absolute Gasteiger partial charge is 0.387 e. The maximum atomic E-state index is 12.4. The fourth-order valence-electron chi connectivity index (χ4n) is 2.70. The summed E-state index contributed by atoms with van der Waals surface area (Å²) in [6.45, 7) is 1.05. The molecule has 0 saturated carbocycles. The number of halogens is 2. The Bertz CT molecular complexity index is 980. The number of carbonyl (C=O) groups excluding carboxylic acids is 1. The molecular formula is C19H23F2N3O4S. The molecule has 0 spiro atoms. The first kappa shape index (κ1) is 22.7. The molecule has 0 aliphatic carbocycles. The molecule has 2 rings (SSSR count). The molecule has 0 radical (unpaired) electrons. The van der Waals surface area contributed by atoms with Crippen molar-refractivity contribution in [2.75, 3.05) is 18.9 Å². The molecule has 158 valence electrons. The average Bonchev–Trinajstić information content (AvgIpc) is 2.59. The summed E-state index contributed by atoms with van der Waals surface area (Å²) < 4.78 is 51.9. The van der Waals surface area contributed by atoms with Crippen molar-refractivity contribution in [3.05, 3.63) is 53.1 Å². The van der Waals surface area contributed by atoms with E-state index in [1.165, 1.54) is 24.3 Å². The van der Waals surface area contributed by atoms with Gasteiger partial charge in [0.1, 0.15) is 5.75 Å². The topological polar surface area (TPSA) is 102 Å². The standard InChI is InChI=1S/C19H23F2N3O4S/c1-12-8-16(29(22,26)27)9-17(13(12)2)23-18(25)11-24(3)10-14-4-6-15(7-5-14)28-19(20)21/h4-9,19H,10-11H2,1-3H3,(H,23,25)(H2,22,26,27). The van der Waals surface area contributed by atoms with Gasteiger partial charge in [0, 0.05) is 12.2 Å². The monoisotopic (exact) mass is 427 g/mol. The highest BCUT2D eigenvalue weighted by atomic mass is 32.2. The van der Waals surface area contributed by atoms with Gasteiger partial charge in [0.2, 0.25) is 15.9 Å². The van der Waals surface area contributed by atoms with Crippen LogP contribution in [0, 0.1) is 13.8 Å². The highest BCUT2D eigenvalue weighted by Crippen LogP contribution is 2.23. The number of ether oxygens (including phenoxy) is 1. The molecule has 0 heterocycles. The fraction of sp³-hybridized carbons (Fsp3) is 0.316. The first-order valence-electron chi connectivity index (χ1n) is 8.62. The Balaban J connectivity index is 2.01. The molecule has 1 amide bonds. The molecule has 3 N–H and O–H groups in total. The van der Waals surface area contributed by atoms with Crippen LogP contribution in [0.4, 0.5) is 14.5 Å². The predicted molar refractivity (Wildman–Crippen MR) is 105 cm³/mol. The summed E-state index contributed by atoms with van der Waals surface area (Å²) in [7, 11) is -2.17. The first-order valence-corrected chi connectivity index (χ1v) is 10.2. The third kappa shape index (κ3) is 6.77. The molecule has 0 aromatic heterocycles. The van der Waals surface area contributed by atoms with Crippen molar-refractivity contribution in [3.63, 3.8) is 0 Å². The van der Waals surface area contributed by atoms with Gasteiger partial charge in [0.25, 0.3) is 0 Å². The Morgan fingerprint density at radius 1 is 1.21 bits per heavy atom. The van der Waals surface area contributed by atoms with Crippen LogP contribution in [-0.4, -0.2) is 39.4 Å². The van der Waals surface area contributed by atoms with Crippen molar-refractivity contribution in [2.45, 2.75) is 31.9 Å². The van der Waals surface area contributed by atoms with Crippen LogP contribution in [0.15, 0.2) is 41.3 Å². The summed E-state index contributed by atoms with van der Waals surface area (Å²) in [5.74, 6) is -0.274. The normalized spacial score (nSPS) is 11.7. The van der Waals surface area contributed by atoms with E-state index < -0.39 is 16.6 Å². The van der Waals surface area contributed by atoms with E-state index in [0.717, 1.165) is 11.1 Å². The van der Waals surface area contributed by atoms with Crippen LogP contribution in [0.1, 0.15) is 16.7 Å². The van der Waals surface area contributed by atoms with Crippen LogP contribution < -0.4 is 15.2 Å². The Hall–Kier alpha value is -2.56. The first-order chi connectivity index (χ1) is 13.5. The molecule has 2 aromatic rings. The molecule has 0 saturated heterocycles. The molecule has 10 heteroatoms. The maximum absolute atomic E-state index is 12.4. The highest BCUT2D eigenvalue weighted by molar-refractivity contribution is 7.89. The number of benzene rings is 2. The number of nitrogens with one attached hydrogen (secondary N) is 1. The van der Waals surface area contributed by atoms with Crippen LogP contribution in [0.5, 0.6) is 5.75 Å². The van der Waals surface area contributed by atoms with Crippen molar-refractivity contribution in [2.24, 2.45) is 5.14 Å². The number of alkyl halides is 2. The average molecular weight is 427 g/mol. The van der Waals surface area contributed by atoms with E-state index in [1.807, 2.05) is 0 Å². The molecule has 29 heavy (non-hydrogen) atoms. The van der Waals surface area contributed by atoms with Crippen LogP contribution in [0.2, 0.25) is 0 Å². The summed E-state index contributed by atoms with van der Waals surface area (Å²) in [4.78, 5) is 14.0. The summed E-state index contributed by atoms with van der Waals surface area (Å²) in [6.07, 6.45) is 0. The summed E-state index contributed by atoms with van der Waals surface area (Å²) >= 11 is 0. The minimum absolute atomic E-state index is 0.0351. The van der Waals surface area contributed by atoms with Crippen molar-refractivity contribution < 1.29 is 26.7 Å². The number of hydrogen-bond acceptors (Lipinski definition) is 5. The predicted octanol–water partition coefficient (Wildman–Crippen LogP) is 2.62. The zero-order valence-electron chi connectivity index (χ0n) is 16.3. The SMILES string of the molecule is Cc1cc(S(N)(=O)=O)cc(NC(=O)CN(C)Cc2ccc(OC(F)F)cc2)c1C. The van der Waals surface area contributed by atoms with Gasteiger partial charge in [-0.2, -0.15) is 8.78 Å². The number of nitrogens with zero attached hydrogens (tertiary/aromatic N) is 1. The minimum Gasteiger partial charge on any atom is -0.435 e. The molecule has 0 atom stereocenters. The number of aryl methyl sites for hydroxylation is 1. The van der Waals surface area contributed by atoms with Crippen molar-refractivity contribution in [3.8, 4) is 5.75 Å². The molecule has 0 fully saturated rings. The maximum Gasteiger partial charge on any atom is 0.387 e. The fourth-order valence-corrected chi connectivity index (χ4v) is 3.32. The number of primary sulfonamides is 1. The van der Waals surface area contributed by atoms with Gasteiger partial charge in [-0.15, -0.1) is 0 Å². The summed E-state index contributed by atoms with van der Waals surface area (Å²) in [5, 5.41) is 7.89.